The Morgan fingerprint density at radius 2 is 0.951 bits per heavy atom. The number of benzene rings is 9. The topological polar surface area (TPSA) is 101 Å². The first-order valence-corrected chi connectivity index (χ1v) is 20.5. The molecule has 7 heteroatoms. The van der Waals surface area contributed by atoms with E-state index in [0.717, 1.165) is 88.8 Å². The van der Waals surface area contributed by atoms with Crippen molar-refractivity contribution in [3.63, 3.8) is 0 Å². The van der Waals surface area contributed by atoms with Crippen LogP contribution in [0, 0.1) is 0 Å². The highest BCUT2D eigenvalue weighted by molar-refractivity contribution is 6.20. The fraction of sp³-hybridized carbons (Fsp3) is 0.0370. The van der Waals surface area contributed by atoms with E-state index in [4.69, 9.17) is 25.7 Å². The summed E-state index contributed by atoms with van der Waals surface area (Å²) < 4.78 is 0. The van der Waals surface area contributed by atoms with Gasteiger partial charge in [-0.2, -0.15) is 0 Å². The third kappa shape index (κ3) is 7.03. The van der Waals surface area contributed by atoms with Gasteiger partial charge in [0.05, 0.1) is 11.4 Å². The van der Waals surface area contributed by atoms with Crippen molar-refractivity contribution in [1.82, 2.24) is 15.3 Å². The molecule has 0 saturated carbocycles. The van der Waals surface area contributed by atoms with E-state index < -0.39 is 12.3 Å². The Morgan fingerprint density at radius 1 is 0.443 bits per heavy atom. The number of aliphatic imine (C=N–C) groups is 2. The highest BCUT2D eigenvalue weighted by Gasteiger charge is 2.23. The molecule has 0 aliphatic carbocycles. The minimum absolute atomic E-state index is 0.442. The first-order valence-electron chi connectivity index (χ1n) is 20.5. The van der Waals surface area contributed by atoms with Crippen LogP contribution in [0.15, 0.2) is 210 Å². The van der Waals surface area contributed by atoms with Crippen LogP contribution in [0.2, 0.25) is 0 Å². The molecular weight excluding hydrogens is 747 g/mol. The summed E-state index contributed by atoms with van der Waals surface area (Å²) in [6.45, 7) is 0. The molecule has 0 spiro atoms. The van der Waals surface area contributed by atoms with Gasteiger partial charge in [-0.1, -0.05) is 182 Å². The number of fused-ring (bicyclic) bond motifs is 4. The highest BCUT2D eigenvalue weighted by Crippen LogP contribution is 2.33. The van der Waals surface area contributed by atoms with Gasteiger partial charge in [-0.3, -0.25) is 0 Å². The second kappa shape index (κ2) is 15.3. The average Bonchev–Trinajstić information content (AvgIpc) is 3.33. The monoisotopic (exact) mass is 785 g/mol. The number of rotatable bonds is 8. The molecule has 1 aliphatic heterocycles. The first kappa shape index (κ1) is 36.1. The molecule has 4 N–H and O–H groups in total. The van der Waals surface area contributed by atoms with Crippen LogP contribution in [0.4, 0.5) is 5.95 Å². The lowest BCUT2D eigenvalue weighted by Gasteiger charge is -2.24. The fourth-order valence-electron chi connectivity index (χ4n) is 8.36. The molecule has 10 aromatic rings. The summed E-state index contributed by atoms with van der Waals surface area (Å²) >= 11 is 0. The number of nitrogens with two attached hydrogens (primary N) is 1. The molecule has 1 aromatic heterocycles. The zero-order valence-corrected chi connectivity index (χ0v) is 33.1. The number of amidine groups is 2. The Labute approximate surface area is 353 Å². The van der Waals surface area contributed by atoms with Crippen molar-refractivity contribution in [1.29, 1.82) is 0 Å². The van der Waals surface area contributed by atoms with Gasteiger partial charge in [0.2, 0.25) is 5.95 Å². The molecule has 0 radical (unpaired) electrons. The molecule has 1 aliphatic rings. The molecule has 0 saturated heterocycles. The number of anilines is 1. The van der Waals surface area contributed by atoms with E-state index in [9.17, 15) is 0 Å². The molecule has 9 aromatic carbocycles. The van der Waals surface area contributed by atoms with Crippen molar-refractivity contribution in [2.45, 2.75) is 12.3 Å². The molecule has 290 valence electrons. The molecule has 0 amide bonds. The van der Waals surface area contributed by atoms with Gasteiger partial charge in [0, 0.05) is 27.8 Å². The van der Waals surface area contributed by atoms with E-state index >= 15 is 0 Å². The van der Waals surface area contributed by atoms with Crippen molar-refractivity contribution < 1.29 is 0 Å². The maximum Gasteiger partial charge on any atom is 0.225 e. The number of hydrogen-bond donors (Lipinski definition) is 3. The first-order chi connectivity index (χ1) is 30.1. The summed E-state index contributed by atoms with van der Waals surface area (Å²) in [5, 5.41) is 16.2. The van der Waals surface area contributed by atoms with Crippen molar-refractivity contribution in [2.75, 3.05) is 5.32 Å². The Bertz CT molecular complexity index is 3250. The lowest BCUT2D eigenvalue weighted by molar-refractivity contribution is 0.762. The number of hydrogen-bond acceptors (Lipinski definition) is 7. The minimum atomic E-state index is -0.595. The second-order valence-electron chi connectivity index (χ2n) is 15.4. The zero-order chi connectivity index (χ0) is 40.7. The Kier molecular flexibility index (Phi) is 9.06. The predicted octanol–water partition coefficient (Wildman–Crippen LogP) is 12.0. The molecule has 2 heterocycles. The summed E-state index contributed by atoms with van der Waals surface area (Å²) in [4.78, 5) is 20.5. The van der Waals surface area contributed by atoms with Gasteiger partial charge >= 0.3 is 0 Å². The standard InChI is InChI=1S/C54H39N7/c55-50(58-54-56-48(42-29-23-34-11-1-3-15-40(34)31-42)33-49(57-54)43-30-24-35-12-2-4-16-41(35)32-43)38-25-27-39(28-26-38)51-59-52(46-21-9-17-36-13-5-7-19-44(36)46)61-53(60-51)47-22-10-18-37-14-6-8-20-45(37)47/h1-33,50,52H,55H2,(H,56,57,58)(H,59,60,61). The largest absolute Gasteiger partial charge is 0.335 e. The van der Waals surface area contributed by atoms with E-state index in [0.29, 0.717) is 5.95 Å². The normalized spacial score (nSPS) is 14.4. The third-order valence-electron chi connectivity index (χ3n) is 11.5. The smallest absolute Gasteiger partial charge is 0.225 e. The van der Waals surface area contributed by atoms with E-state index in [-0.39, 0.29) is 0 Å². The summed E-state index contributed by atoms with van der Waals surface area (Å²) in [7, 11) is 0. The zero-order valence-electron chi connectivity index (χ0n) is 33.1. The van der Waals surface area contributed by atoms with Gasteiger partial charge in [-0.15, -0.1) is 0 Å². The number of nitrogens with zero attached hydrogens (tertiary/aromatic N) is 4. The summed E-state index contributed by atoms with van der Waals surface area (Å²) in [5.74, 6) is 1.95. The quantitative estimate of drug-likeness (QED) is 0.133. The molecule has 0 fully saturated rings. The number of aromatic nitrogens is 2. The van der Waals surface area contributed by atoms with E-state index in [1.807, 2.05) is 12.1 Å². The van der Waals surface area contributed by atoms with Crippen LogP contribution < -0.4 is 16.4 Å². The molecule has 11 rings (SSSR count). The van der Waals surface area contributed by atoms with Crippen LogP contribution in [-0.4, -0.2) is 21.6 Å². The van der Waals surface area contributed by atoms with Crippen LogP contribution in [0.3, 0.4) is 0 Å². The highest BCUT2D eigenvalue weighted by atomic mass is 15.2. The second-order valence-corrected chi connectivity index (χ2v) is 15.4. The lowest BCUT2D eigenvalue weighted by Crippen LogP contribution is -2.36. The third-order valence-corrected chi connectivity index (χ3v) is 11.5. The summed E-state index contributed by atoms with van der Waals surface area (Å²) in [6.07, 6.45) is -1.05. The van der Waals surface area contributed by atoms with Gasteiger partial charge < -0.3 is 16.4 Å². The van der Waals surface area contributed by atoms with Crippen molar-refractivity contribution in [3.8, 4) is 22.5 Å². The van der Waals surface area contributed by atoms with Crippen LogP contribution in [0.1, 0.15) is 34.6 Å². The van der Waals surface area contributed by atoms with Crippen molar-refractivity contribution >= 4 is 60.7 Å². The van der Waals surface area contributed by atoms with Gasteiger partial charge in [0.25, 0.3) is 0 Å². The summed E-state index contributed by atoms with van der Waals surface area (Å²) in [5.41, 5.74) is 14.4. The SMILES string of the molecule is NC(Nc1nc(-c2ccc3ccccc3c2)cc(-c2ccc3ccccc3c2)n1)c1ccc(C2=NC(c3cccc4ccccc34)N=C(c3cccc4ccccc34)N2)cc1. The van der Waals surface area contributed by atoms with Gasteiger partial charge in [-0.25, -0.2) is 20.0 Å². The lowest BCUT2D eigenvalue weighted by atomic mass is 10.0. The van der Waals surface area contributed by atoms with E-state index in [1.165, 1.54) is 10.8 Å². The van der Waals surface area contributed by atoms with E-state index in [2.05, 4.69) is 199 Å². The Balaban J connectivity index is 0.933. The number of nitrogens with one attached hydrogen (secondary N) is 2. The Morgan fingerprint density at radius 3 is 1.61 bits per heavy atom. The molecular formula is C54H39N7. The van der Waals surface area contributed by atoms with Crippen molar-refractivity contribution in [2.24, 2.45) is 15.7 Å². The van der Waals surface area contributed by atoms with Gasteiger partial charge in [-0.05, 0) is 66.9 Å². The van der Waals surface area contributed by atoms with Gasteiger partial charge in [0.1, 0.15) is 17.8 Å². The summed E-state index contributed by atoms with van der Waals surface area (Å²) in [6, 6.07) is 69.3. The Hall–Kier alpha value is -8.00. The molecule has 61 heavy (non-hydrogen) atoms. The van der Waals surface area contributed by atoms with Crippen molar-refractivity contribution in [3.05, 3.63) is 222 Å². The van der Waals surface area contributed by atoms with Crippen LogP contribution in [0.5, 0.6) is 0 Å². The molecule has 2 atom stereocenters. The van der Waals surface area contributed by atoms with Gasteiger partial charge in [0.15, 0.2) is 6.17 Å². The molecule has 0 bridgehead atoms. The fourth-order valence-corrected chi connectivity index (χ4v) is 8.36. The predicted molar refractivity (Wildman–Crippen MR) is 252 cm³/mol. The maximum absolute atomic E-state index is 6.93. The molecule has 7 nitrogen and oxygen atoms in total. The average molecular weight is 786 g/mol. The van der Waals surface area contributed by atoms with E-state index in [1.54, 1.807) is 0 Å². The minimum Gasteiger partial charge on any atom is -0.335 e. The maximum atomic E-state index is 6.93. The van der Waals surface area contributed by atoms with Crippen LogP contribution in [-0.2, 0) is 0 Å². The van der Waals surface area contributed by atoms with Crippen LogP contribution in [0.25, 0.3) is 65.6 Å². The van der Waals surface area contributed by atoms with Crippen LogP contribution >= 0.6 is 0 Å². The molecule has 2 unspecified atom stereocenters.